The van der Waals surface area contributed by atoms with Crippen LogP contribution in [0.1, 0.15) is 32.4 Å². The molecule has 1 unspecified atom stereocenters. The summed E-state index contributed by atoms with van der Waals surface area (Å²) in [5.74, 6) is 0. The first-order chi connectivity index (χ1) is 10.8. The molecule has 0 spiro atoms. The monoisotopic (exact) mass is 339 g/mol. The molecule has 0 radical (unpaired) electrons. The molecule has 23 heavy (non-hydrogen) atoms. The van der Waals surface area contributed by atoms with Crippen molar-refractivity contribution in [3.05, 3.63) is 34.9 Å². The SMILES string of the molecule is CC(C)(C)OC(=O)N1CCN(CC(N)c2ccccc2Cl)CC1. The minimum Gasteiger partial charge on any atom is -0.444 e. The Morgan fingerprint density at radius 1 is 1.26 bits per heavy atom. The van der Waals surface area contributed by atoms with Gasteiger partial charge >= 0.3 is 6.09 Å². The highest BCUT2D eigenvalue weighted by molar-refractivity contribution is 6.31. The molecule has 1 amide bonds. The molecule has 1 fully saturated rings. The normalized spacial score (nSPS) is 17.9. The molecular formula is C17H26ClN3O2. The van der Waals surface area contributed by atoms with E-state index in [1.54, 1.807) is 4.90 Å². The van der Waals surface area contributed by atoms with Crippen molar-refractivity contribution in [1.82, 2.24) is 9.80 Å². The number of amides is 1. The van der Waals surface area contributed by atoms with Gasteiger partial charge in [0.2, 0.25) is 0 Å². The number of carbonyl (C=O) groups is 1. The Bertz CT molecular complexity index is 537. The third-order valence-corrected chi connectivity index (χ3v) is 4.13. The number of rotatable bonds is 3. The van der Waals surface area contributed by atoms with Crippen LogP contribution in [0.5, 0.6) is 0 Å². The third kappa shape index (κ3) is 5.37. The van der Waals surface area contributed by atoms with E-state index in [2.05, 4.69) is 4.90 Å². The van der Waals surface area contributed by atoms with Gasteiger partial charge in [-0.25, -0.2) is 4.79 Å². The van der Waals surface area contributed by atoms with Crippen molar-refractivity contribution in [3.63, 3.8) is 0 Å². The van der Waals surface area contributed by atoms with Crippen molar-refractivity contribution in [3.8, 4) is 0 Å². The van der Waals surface area contributed by atoms with Gasteiger partial charge in [-0.1, -0.05) is 29.8 Å². The van der Waals surface area contributed by atoms with Crippen molar-refractivity contribution >= 4 is 17.7 Å². The van der Waals surface area contributed by atoms with Crippen LogP contribution in [0.2, 0.25) is 5.02 Å². The van der Waals surface area contributed by atoms with Gasteiger partial charge in [-0.2, -0.15) is 0 Å². The number of nitrogens with two attached hydrogens (primary N) is 1. The van der Waals surface area contributed by atoms with E-state index in [4.69, 9.17) is 22.1 Å². The molecule has 5 nitrogen and oxygen atoms in total. The zero-order valence-corrected chi connectivity index (χ0v) is 14.8. The molecular weight excluding hydrogens is 314 g/mol. The van der Waals surface area contributed by atoms with Crippen LogP contribution < -0.4 is 5.73 Å². The molecule has 0 bridgehead atoms. The summed E-state index contributed by atoms with van der Waals surface area (Å²) >= 11 is 6.20. The molecule has 0 saturated carbocycles. The van der Waals surface area contributed by atoms with E-state index in [1.807, 2.05) is 45.0 Å². The van der Waals surface area contributed by atoms with Crippen LogP contribution in [-0.2, 0) is 4.74 Å². The Kier molecular flexibility index (Phi) is 5.89. The number of nitrogens with zero attached hydrogens (tertiary/aromatic N) is 2. The van der Waals surface area contributed by atoms with Gasteiger partial charge in [-0.3, -0.25) is 4.90 Å². The molecule has 1 saturated heterocycles. The lowest BCUT2D eigenvalue weighted by molar-refractivity contribution is 0.0141. The highest BCUT2D eigenvalue weighted by atomic mass is 35.5. The van der Waals surface area contributed by atoms with Gasteiger partial charge in [0.05, 0.1) is 0 Å². The predicted molar refractivity (Wildman–Crippen MR) is 92.6 cm³/mol. The first kappa shape index (κ1) is 18.0. The molecule has 1 aliphatic rings. The maximum atomic E-state index is 12.1. The molecule has 128 valence electrons. The van der Waals surface area contributed by atoms with Crippen molar-refractivity contribution in [2.45, 2.75) is 32.4 Å². The number of hydrogen-bond donors (Lipinski definition) is 1. The number of hydrogen-bond acceptors (Lipinski definition) is 4. The van der Waals surface area contributed by atoms with Crippen LogP contribution in [-0.4, -0.2) is 54.2 Å². The van der Waals surface area contributed by atoms with Gasteiger partial charge in [-0.05, 0) is 32.4 Å². The number of benzene rings is 1. The fraction of sp³-hybridized carbons (Fsp3) is 0.588. The molecule has 0 aliphatic carbocycles. The molecule has 1 atom stereocenters. The van der Waals surface area contributed by atoms with Gasteiger partial charge in [0.1, 0.15) is 5.60 Å². The lowest BCUT2D eigenvalue weighted by Crippen LogP contribution is -2.51. The zero-order chi connectivity index (χ0) is 17.0. The Balaban J connectivity index is 1.83. The fourth-order valence-corrected chi connectivity index (χ4v) is 2.87. The van der Waals surface area contributed by atoms with Crippen LogP contribution in [0.25, 0.3) is 0 Å². The van der Waals surface area contributed by atoms with Gasteiger partial charge in [0.25, 0.3) is 0 Å². The summed E-state index contributed by atoms with van der Waals surface area (Å²) in [6, 6.07) is 7.54. The second-order valence-electron chi connectivity index (χ2n) is 6.90. The lowest BCUT2D eigenvalue weighted by atomic mass is 10.1. The van der Waals surface area contributed by atoms with E-state index in [0.29, 0.717) is 18.1 Å². The van der Waals surface area contributed by atoms with Crippen molar-refractivity contribution in [1.29, 1.82) is 0 Å². The second kappa shape index (κ2) is 7.51. The Labute approximate surface area is 143 Å². The van der Waals surface area contributed by atoms with Crippen molar-refractivity contribution in [2.75, 3.05) is 32.7 Å². The minimum absolute atomic E-state index is 0.128. The predicted octanol–water partition coefficient (Wildman–Crippen LogP) is 2.89. The first-order valence-electron chi connectivity index (χ1n) is 7.96. The number of halogens is 1. The maximum absolute atomic E-state index is 12.1. The standard InChI is InChI=1S/C17H26ClN3O2/c1-17(2,3)23-16(22)21-10-8-20(9-11-21)12-15(19)13-6-4-5-7-14(13)18/h4-7,15H,8-12,19H2,1-3H3. The van der Waals surface area contributed by atoms with E-state index in [1.165, 1.54) is 0 Å². The van der Waals surface area contributed by atoms with Crippen molar-refractivity contribution < 1.29 is 9.53 Å². The second-order valence-corrected chi connectivity index (χ2v) is 7.30. The van der Waals surface area contributed by atoms with Gasteiger partial charge in [0, 0.05) is 43.8 Å². The van der Waals surface area contributed by atoms with Gasteiger partial charge in [-0.15, -0.1) is 0 Å². The molecule has 1 heterocycles. The molecule has 2 rings (SSSR count). The summed E-state index contributed by atoms with van der Waals surface area (Å²) in [7, 11) is 0. The number of ether oxygens (including phenoxy) is 1. The highest BCUT2D eigenvalue weighted by Gasteiger charge is 2.26. The van der Waals surface area contributed by atoms with Crippen LogP contribution in [0.15, 0.2) is 24.3 Å². The first-order valence-corrected chi connectivity index (χ1v) is 8.34. The average Bonchev–Trinajstić information content (AvgIpc) is 2.46. The highest BCUT2D eigenvalue weighted by Crippen LogP contribution is 2.22. The fourth-order valence-electron chi connectivity index (χ4n) is 2.59. The summed E-state index contributed by atoms with van der Waals surface area (Å²) in [6.07, 6.45) is -0.243. The zero-order valence-electron chi connectivity index (χ0n) is 14.1. The summed E-state index contributed by atoms with van der Waals surface area (Å²) in [5, 5.41) is 0.701. The number of piperazine rings is 1. The summed E-state index contributed by atoms with van der Waals surface area (Å²) in [4.78, 5) is 16.1. The number of carbonyl (C=O) groups excluding carboxylic acids is 1. The van der Waals surface area contributed by atoms with E-state index >= 15 is 0 Å². The molecule has 0 aromatic heterocycles. The van der Waals surface area contributed by atoms with E-state index in [9.17, 15) is 4.79 Å². The minimum atomic E-state index is -0.458. The Morgan fingerprint density at radius 2 is 1.87 bits per heavy atom. The van der Waals surface area contributed by atoms with Gasteiger partial charge < -0.3 is 15.4 Å². The van der Waals surface area contributed by atoms with Crippen LogP contribution in [0.3, 0.4) is 0 Å². The molecule has 1 aliphatic heterocycles. The average molecular weight is 340 g/mol. The Hall–Kier alpha value is -1.30. The molecule has 6 heteroatoms. The summed E-state index contributed by atoms with van der Waals surface area (Å²) in [6.45, 7) is 9.26. The molecule has 1 aromatic carbocycles. The smallest absolute Gasteiger partial charge is 0.410 e. The van der Waals surface area contributed by atoms with E-state index in [0.717, 1.165) is 25.2 Å². The summed E-state index contributed by atoms with van der Waals surface area (Å²) < 4.78 is 5.40. The van der Waals surface area contributed by atoms with Crippen LogP contribution >= 0.6 is 11.6 Å². The topological polar surface area (TPSA) is 58.8 Å². The third-order valence-electron chi connectivity index (χ3n) is 3.78. The van der Waals surface area contributed by atoms with Crippen LogP contribution in [0.4, 0.5) is 4.79 Å². The van der Waals surface area contributed by atoms with Crippen molar-refractivity contribution in [2.24, 2.45) is 5.73 Å². The molecule has 2 N–H and O–H groups in total. The lowest BCUT2D eigenvalue weighted by Gasteiger charge is -2.36. The molecule has 1 aromatic rings. The van der Waals surface area contributed by atoms with Crippen LogP contribution in [0, 0.1) is 0 Å². The summed E-state index contributed by atoms with van der Waals surface area (Å²) in [5.41, 5.74) is 6.78. The van der Waals surface area contributed by atoms with E-state index in [-0.39, 0.29) is 12.1 Å². The quantitative estimate of drug-likeness (QED) is 0.920. The van der Waals surface area contributed by atoms with Gasteiger partial charge in [0.15, 0.2) is 0 Å². The maximum Gasteiger partial charge on any atom is 0.410 e. The Morgan fingerprint density at radius 3 is 2.43 bits per heavy atom. The van der Waals surface area contributed by atoms with E-state index < -0.39 is 5.60 Å². The largest absolute Gasteiger partial charge is 0.444 e.